The number of carbonyl (C=O) groups excluding carboxylic acids is 2. The van der Waals surface area contributed by atoms with E-state index in [0.29, 0.717) is 22.3 Å². The highest BCUT2D eigenvalue weighted by atomic mass is 35.5. The van der Waals surface area contributed by atoms with E-state index >= 15 is 0 Å². The molecule has 2 heterocycles. The average molecular weight is 503 g/mol. The van der Waals surface area contributed by atoms with Crippen molar-refractivity contribution in [3.8, 4) is 0 Å². The summed E-state index contributed by atoms with van der Waals surface area (Å²) in [5.41, 5.74) is 4.85. The Balaban J connectivity index is 1.34. The number of benzene rings is 3. The van der Waals surface area contributed by atoms with Crippen LogP contribution in [0.2, 0.25) is 5.02 Å². The number of amidine groups is 1. The minimum Gasteiger partial charge on any atom is -0.326 e. The molecule has 2 amide bonds. The molecule has 35 heavy (non-hydrogen) atoms. The number of carbonyl (C=O) groups is 2. The van der Waals surface area contributed by atoms with E-state index in [0.717, 1.165) is 16.8 Å². The number of hydrogen-bond acceptors (Lipinski definition) is 5. The lowest BCUT2D eigenvalue weighted by Gasteiger charge is -2.23. The topological polar surface area (TPSA) is 74.1 Å². The summed E-state index contributed by atoms with van der Waals surface area (Å²) in [5.74, 6) is -0.586. The molecule has 0 saturated carbocycles. The maximum Gasteiger partial charge on any atom is 0.262 e. The van der Waals surface area contributed by atoms with E-state index in [4.69, 9.17) is 16.7 Å². The van der Waals surface area contributed by atoms with Gasteiger partial charge in [0.1, 0.15) is 5.25 Å². The molecule has 0 aromatic heterocycles. The molecule has 8 heteroatoms. The Morgan fingerprint density at radius 3 is 2.60 bits per heavy atom. The molecule has 0 aliphatic carbocycles. The van der Waals surface area contributed by atoms with Crippen LogP contribution in [0, 0.1) is 6.92 Å². The van der Waals surface area contributed by atoms with Crippen LogP contribution in [0.15, 0.2) is 89.0 Å². The summed E-state index contributed by atoms with van der Waals surface area (Å²) in [5, 5.41) is 9.97. The minimum atomic E-state index is -0.598. The second-order valence-corrected chi connectivity index (χ2v) is 10.1. The molecule has 0 radical (unpaired) electrons. The van der Waals surface area contributed by atoms with E-state index in [2.05, 4.69) is 41.5 Å². The normalized spacial score (nSPS) is 19.5. The monoisotopic (exact) mass is 502 g/mol. The predicted octanol–water partition coefficient (Wildman–Crippen LogP) is 5.83. The standard InChI is InChI=1S/C27H23ClN4O2S/c1-17-10-12-19(13-11-17)23-15-22(18-6-3-2-4-7-18)31-32(23)27-30-26(34)24(35-27)16-25(33)29-21-9-5-8-20(28)14-21/h2-14,23-24H,15-16H2,1H3,(H,29,33)/t23-,24+/m1/s1. The van der Waals surface area contributed by atoms with Crippen LogP contribution < -0.4 is 5.32 Å². The number of thioether (sulfide) groups is 1. The van der Waals surface area contributed by atoms with Gasteiger partial charge < -0.3 is 5.32 Å². The van der Waals surface area contributed by atoms with Gasteiger partial charge in [0.2, 0.25) is 5.91 Å². The number of halogens is 1. The van der Waals surface area contributed by atoms with E-state index in [1.807, 2.05) is 35.3 Å². The Bertz CT molecular complexity index is 1320. The van der Waals surface area contributed by atoms with Crippen LogP contribution >= 0.6 is 23.4 Å². The van der Waals surface area contributed by atoms with Crippen LogP contribution in [0.1, 0.15) is 35.6 Å². The van der Waals surface area contributed by atoms with E-state index in [9.17, 15) is 9.59 Å². The first-order valence-electron chi connectivity index (χ1n) is 11.3. The molecule has 0 unspecified atom stereocenters. The number of nitrogens with one attached hydrogen (secondary N) is 1. The lowest BCUT2D eigenvalue weighted by molar-refractivity contribution is -0.121. The summed E-state index contributed by atoms with van der Waals surface area (Å²) in [4.78, 5) is 29.6. The Hall–Kier alpha value is -3.42. The van der Waals surface area contributed by atoms with Gasteiger partial charge in [-0.05, 0) is 36.2 Å². The molecule has 5 rings (SSSR count). The van der Waals surface area contributed by atoms with Gasteiger partial charge in [-0.15, -0.1) is 0 Å². The van der Waals surface area contributed by atoms with Gasteiger partial charge in [0, 0.05) is 23.6 Å². The van der Waals surface area contributed by atoms with Crippen molar-refractivity contribution < 1.29 is 9.59 Å². The van der Waals surface area contributed by atoms with Crippen LogP contribution in [0.3, 0.4) is 0 Å². The maximum atomic E-state index is 12.7. The molecule has 1 N–H and O–H groups in total. The van der Waals surface area contributed by atoms with Crippen molar-refractivity contribution in [2.24, 2.45) is 10.1 Å². The molecule has 3 aromatic carbocycles. The number of nitrogens with zero attached hydrogens (tertiary/aromatic N) is 3. The average Bonchev–Trinajstić information content (AvgIpc) is 3.44. The molecule has 176 valence electrons. The van der Waals surface area contributed by atoms with Gasteiger partial charge in [-0.2, -0.15) is 10.1 Å². The maximum absolute atomic E-state index is 12.7. The highest BCUT2D eigenvalue weighted by Crippen LogP contribution is 2.38. The summed E-state index contributed by atoms with van der Waals surface area (Å²) in [6.45, 7) is 2.05. The van der Waals surface area contributed by atoms with Crippen LogP contribution in [-0.4, -0.2) is 33.0 Å². The number of hydrogen-bond donors (Lipinski definition) is 1. The van der Waals surface area contributed by atoms with Crippen LogP contribution in [-0.2, 0) is 9.59 Å². The zero-order chi connectivity index (χ0) is 24.4. The second kappa shape index (κ2) is 10.1. The van der Waals surface area contributed by atoms with Crippen molar-refractivity contribution in [3.63, 3.8) is 0 Å². The number of hydrazone groups is 1. The summed E-state index contributed by atoms with van der Waals surface area (Å²) in [6.07, 6.45) is 0.710. The fourth-order valence-corrected chi connectivity index (χ4v) is 5.34. The van der Waals surface area contributed by atoms with E-state index in [1.54, 1.807) is 24.3 Å². The molecule has 2 aliphatic rings. The van der Waals surface area contributed by atoms with Crippen molar-refractivity contribution in [3.05, 3.63) is 101 Å². The third-order valence-electron chi connectivity index (χ3n) is 5.88. The molecule has 6 nitrogen and oxygen atoms in total. The number of aryl methyl sites for hydroxylation is 1. The zero-order valence-electron chi connectivity index (χ0n) is 19.0. The smallest absolute Gasteiger partial charge is 0.262 e. The van der Waals surface area contributed by atoms with E-state index in [-0.39, 0.29) is 24.3 Å². The molecule has 3 aromatic rings. The van der Waals surface area contributed by atoms with Gasteiger partial charge >= 0.3 is 0 Å². The first kappa shape index (κ1) is 23.3. The largest absolute Gasteiger partial charge is 0.326 e. The number of anilines is 1. The Morgan fingerprint density at radius 1 is 1.09 bits per heavy atom. The lowest BCUT2D eigenvalue weighted by Crippen LogP contribution is -2.25. The number of aliphatic imine (C=N–C) groups is 1. The molecule has 2 atom stereocenters. The van der Waals surface area contributed by atoms with E-state index < -0.39 is 5.25 Å². The van der Waals surface area contributed by atoms with Gasteiger partial charge in [-0.25, -0.2) is 5.01 Å². The number of rotatable bonds is 5. The van der Waals surface area contributed by atoms with Gasteiger partial charge in [0.05, 0.1) is 11.8 Å². The van der Waals surface area contributed by atoms with Gasteiger partial charge in [0.15, 0.2) is 5.17 Å². The number of amides is 2. The highest BCUT2D eigenvalue weighted by molar-refractivity contribution is 8.15. The van der Waals surface area contributed by atoms with E-state index in [1.165, 1.54) is 17.3 Å². The van der Waals surface area contributed by atoms with Crippen molar-refractivity contribution in [1.82, 2.24) is 5.01 Å². The quantitative estimate of drug-likeness (QED) is 0.476. The predicted molar refractivity (Wildman–Crippen MR) is 142 cm³/mol. The van der Waals surface area contributed by atoms with Gasteiger partial charge in [-0.3, -0.25) is 9.59 Å². The Morgan fingerprint density at radius 2 is 1.86 bits per heavy atom. The van der Waals surface area contributed by atoms with Crippen LogP contribution in [0.25, 0.3) is 0 Å². The second-order valence-electron chi connectivity index (χ2n) is 8.49. The minimum absolute atomic E-state index is 0.0152. The summed E-state index contributed by atoms with van der Waals surface area (Å²) in [7, 11) is 0. The summed E-state index contributed by atoms with van der Waals surface area (Å²) >= 11 is 7.29. The fourth-order valence-electron chi connectivity index (χ4n) is 4.09. The zero-order valence-corrected chi connectivity index (χ0v) is 20.6. The Labute approximate surface area is 213 Å². The lowest BCUT2D eigenvalue weighted by atomic mass is 9.98. The molecule has 0 fully saturated rings. The summed E-state index contributed by atoms with van der Waals surface area (Å²) in [6, 6.07) is 25.2. The summed E-state index contributed by atoms with van der Waals surface area (Å²) < 4.78 is 0. The van der Waals surface area contributed by atoms with Crippen LogP contribution in [0.4, 0.5) is 5.69 Å². The fraction of sp³-hybridized carbons (Fsp3) is 0.185. The van der Waals surface area contributed by atoms with Crippen LogP contribution in [0.5, 0.6) is 0 Å². The highest BCUT2D eigenvalue weighted by Gasteiger charge is 2.39. The Kier molecular flexibility index (Phi) is 6.70. The van der Waals surface area contributed by atoms with Crippen molar-refractivity contribution in [2.75, 3.05) is 5.32 Å². The molecule has 2 aliphatic heterocycles. The van der Waals surface area contributed by atoms with Gasteiger partial charge in [-0.1, -0.05) is 89.6 Å². The van der Waals surface area contributed by atoms with Crippen molar-refractivity contribution >= 4 is 51.7 Å². The van der Waals surface area contributed by atoms with Gasteiger partial charge in [0.25, 0.3) is 5.91 Å². The third kappa shape index (κ3) is 5.31. The molecule has 0 bridgehead atoms. The SMILES string of the molecule is Cc1ccc([C@H]2CC(c3ccccc3)=NN2C2=NC(=O)[C@H](CC(=O)Nc3cccc(Cl)c3)S2)cc1. The molecule has 0 spiro atoms. The molecular formula is C27H23ClN4O2S. The first-order chi connectivity index (χ1) is 17.0. The molecular weight excluding hydrogens is 480 g/mol. The third-order valence-corrected chi connectivity index (χ3v) is 7.26. The molecule has 0 saturated heterocycles. The first-order valence-corrected chi connectivity index (χ1v) is 12.6. The van der Waals surface area contributed by atoms with Crippen molar-refractivity contribution in [1.29, 1.82) is 0 Å². The van der Waals surface area contributed by atoms with Crippen molar-refractivity contribution in [2.45, 2.75) is 31.1 Å².